The molecule has 1 heterocycles. The minimum atomic E-state index is 0. The number of rotatable bonds is 9. The Morgan fingerprint density at radius 2 is 1.55 bits per heavy atom. The summed E-state index contributed by atoms with van der Waals surface area (Å²) < 4.78 is 21.7. The number of aliphatic imine (C=N–C) groups is 1. The highest BCUT2D eigenvalue weighted by molar-refractivity contribution is 14.0. The van der Waals surface area contributed by atoms with Crippen LogP contribution in [0.5, 0.6) is 23.0 Å². The van der Waals surface area contributed by atoms with Gasteiger partial charge < -0.3 is 29.6 Å². The van der Waals surface area contributed by atoms with Crippen LogP contribution in [0.3, 0.4) is 0 Å². The molecule has 0 unspecified atom stereocenters. The van der Waals surface area contributed by atoms with E-state index in [2.05, 4.69) is 20.6 Å². The van der Waals surface area contributed by atoms with Crippen LogP contribution < -0.4 is 29.6 Å². The quantitative estimate of drug-likeness (QED) is 0.284. The molecule has 0 atom stereocenters. The van der Waals surface area contributed by atoms with E-state index in [0.717, 1.165) is 34.7 Å². The van der Waals surface area contributed by atoms with E-state index in [-0.39, 0.29) is 24.0 Å². The van der Waals surface area contributed by atoms with Gasteiger partial charge in [0.15, 0.2) is 17.5 Å². The van der Waals surface area contributed by atoms with Crippen molar-refractivity contribution in [3.63, 3.8) is 0 Å². The van der Waals surface area contributed by atoms with Gasteiger partial charge in [0.05, 0.1) is 47.2 Å². The van der Waals surface area contributed by atoms with Crippen molar-refractivity contribution in [2.45, 2.75) is 33.9 Å². The van der Waals surface area contributed by atoms with Gasteiger partial charge in [-0.3, -0.25) is 4.98 Å². The van der Waals surface area contributed by atoms with Crippen LogP contribution in [-0.4, -0.2) is 45.9 Å². The number of ether oxygens (including phenoxy) is 4. The molecule has 8 nitrogen and oxygen atoms in total. The third kappa shape index (κ3) is 6.78. The molecule has 2 rings (SSSR count). The first-order valence-electron chi connectivity index (χ1n) is 9.79. The molecule has 0 aliphatic rings. The predicted molar refractivity (Wildman–Crippen MR) is 133 cm³/mol. The van der Waals surface area contributed by atoms with Crippen molar-refractivity contribution in [3.05, 3.63) is 40.7 Å². The largest absolute Gasteiger partial charge is 0.496 e. The van der Waals surface area contributed by atoms with Crippen LogP contribution in [0.15, 0.2) is 23.3 Å². The summed E-state index contributed by atoms with van der Waals surface area (Å²) in [4.78, 5) is 9.21. The highest BCUT2D eigenvalue weighted by Gasteiger charge is 2.13. The molecule has 0 aliphatic carbocycles. The number of guanidine groups is 1. The van der Waals surface area contributed by atoms with E-state index in [1.54, 1.807) is 28.4 Å². The average molecular weight is 544 g/mol. The normalized spacial score (nSPS) is 10.7. The Labute approximate surface area is 201 Å². The molecule has 172 valence electrons. The van der Waals surface area contributed by atoms with Crippen molar-refractivity contribution in [2.75, 3.05) is 35.0 Å². The summed E-state index contributed by atoms with van der Waals surface area (Å²) in [5.74, 6) is 3.32. The zero-order valence-electron chi connectivity index (χ0n) is 19.3. The lowest BCUT2D eigenvalue weighted by atomic mass is 10.1. The first-order valence-corrected chi connectivity index (χ1v) is 9.79. The molecule has 0 amide bonds. The van der Waals surface area contributed by atoms with Crippen LogP contribution in [0.25, 0.3) is 0 Å². The molecule has 1 aromatic carbocycles. The Morgan fingerprint density at radius 1 is 0.935 bits per heavy atom. The third-order valence-electron chi connectivity index (χ3n) is 4.66. The minimum absolute atomic E-state index is 0. The van der Waals surface area contributed by atoms with Gasteiger partial charge in [-0.2, -0.15) is 0 Å². The number of nitrogens with one attached hydrogen (secondary N) is 2. The summed E-state index contributed by atoms with van der Waals surface area (Å²) in [6, 6.07) is 3.79. The molecule has 0 aliphatic heterocycles. The maximum atomic E-state index is 5.49. The highest BCUT2D eigenvalue weighted by atomic mass is 127. The molecular weight excluding hydrogens is 511 g/mol. The van der Waals surface area contributed by atoms with E-state index in [1.165, 1.54) is 0 Å². The van der Waals surface area contributed by atoms with Gasteiger partial charge in [0.25, 0.3) is 0 Å². The SMILES string of the molecule is CCNC(=NCc1cc(OC)c(OC)c(OC)c1)NCc1ncc(C)c(OC)c1C.I. The molecule has 0 spiro atoms. The molecular formula is C22H33IN4O4. The number of hydrogen-bond acceptors (Lipinski definition) is 6. The van der Waals surface area contributed by atoms with Gasteiger partial charge >= 0.3 is 0 Å². The van der Waals surface area contributed by atoms with Crippen molar-refractivity contribution in [2.24, 2.45) is 4.99 Å². The molecule has 31 heavy (non-hydrogen) atoms. The van der Waals surface area contributed by atoms with Gasteiger partial charge in [-0.15, -0.1) is 24.0 Å². The summed E-state index contributed by atoms with van der Waals surface area (Å²) in [6.45, 7) is 7.73. The number of aromatic nitrogens is 1. The lowest BCUT2D eigenvalue weighted by Gasteiger charge is -2.16. The van der Waals surface area contributed by atoms with E-state index in [9.17, 15) is 0 Å². The zero-order valence-corrected chi connectivity index (χ0v) is 21.6. The second-order valence-electron chi connectivity index (χ2n) is 6.63. The van der Waals surface area contributed by atoms with Gasteiger partial charge in [-0.05, 0) is 38.5 Å². The fourth-order valence-corrected chi connectivity index (χ4v) is 3.16. The Kier molecular flexibility index (Phi) is 11.2. The van der Waals surface area contributed by atoms with Crippen molar-refractivity contribution >= 4 is 29.9 Å². The number of benzene rings is 1. The molecule has 0 fully saturated rings. The van der Waals surface area contributed by atoms with Crippen LogP contribution in [0, 0.1) is 13.8 Å². The maximum absolute atomic E-state index is 5.49. The van der Waals surface area contributed by atoms with Crippen LogP contribution in [0.2, 0.25) is 0 Å². The Morgan fingerprint density at radius 3 is 2.06 bits per heavy atom. The van der Waals surface area contributed by atoms with Crippen molar-refractivity contribution in [1.29, 1.82) is 0 Å². The summed E-state index contributed by atoms with van der Waals surface area (Å²) in [6.07, 6.45) is 1.82. The summed E-state index contributed by atoms with van der Waals surface area (Å²) in [5.41, 5.74) is 3.89. The molecule has 0 radical (unpaired) electrons. The molecule has 1 aromatic heterocycles. The Balaban J connectivity index is 0.00000480. The molecule has 0 saturated carbocycles. The molecule has 2 aromatic rings. The second-order valence-corrected chi connectivity index (χ2v) is 6.63. The average Bonchev–Trinajstić information content (AvgIpc) is 2.76. The molecule has 9 heteroatoms. The van der Waals surface area contributed by atoms with Crippen molar-refractivity contribution in [1.82, 2.24) is 15.6 Å². The number of methoxy groups -OCH3 is 4. The smallest absolute Gasteiger partial charge is 0.203 e. The fraction of sp³-hybridized carbons (Fsp3) is 0.455. The highest BCUT2D eigenvalue weighted by Crippen LogP contribution is 2.38. The van der Waals surface area contributed by atoms with Crippen LogP contribution in [0.4, 0.5) is 0 Å². The second kappa shape index (κ2) is 13.1. The van der Waals surface area contributed by atoms with Crippen LogP contribution in [0.1, 0.15) is 29.3 Å². The number of halogens is 1. The third-order valence-corrected chi connectivity index (χ3v) is 4.66. The number of hydrogen-bond donors (Lipinski definition) is 2. The van der Waals surface area contributed by atoms with Crippen LogP contribution >= 0.6 is 24.0 Å². The van der Waals surface area contributed by atoms with Crippen LogP contribution in [-0.2, 0) is 13.1 Å². The first kappa shape index (κ1) is 26.6. The summed E-state index contributed by atoms with van der Waals surface area (Å²) >= 11 is 0. The van der Waals surface area contributed by atoms with Gasteiger partial charge in [0.2, 0.25) is 5.75 Å². The summed E-state index contributed by atoms with van der Waals surface area (Å²) in [5, 5.41) is 6.59. The van der Waals surface area contributed by atoms with E-state index < -0.39 is 0 Å². The maximum Gasteiger partial charge on any atom is 0.203 e. The van der Waals surface area contributed by atoms with Gasteiger partial charge in [0, 0.05) is 23.9 Å². The molecule has 0 bridgehead atoms. The van der Waals surface area contributed by atoms with E-state index in [1.807, 2.05) is 39.1 Å². The minimum Gasteiger partial charge on any atom is -0.496 e. The van der Waals surface area contributed by atoms with Crippen molar-refractivity contribution in [3.8, 4) is 23.0 Å². The topological polar surface area (TPSA) is 86.2 Å². The fourth-order valence-electron chi connectivity index (χ4n) is 3.16. The summed E-state index contributed by atoms with van der Waals surface area (Å²) in [7, 11) is 6.46. The Bertz CT molecular complexity index is 865. The molecule has 2 N–H and O–H groups in total. The standard InChI is InChI=1S/C22H32N4O4.HI/c1-8-23-22(26-13-17-15(3)20(29-6)14(2)11-24-17)25-12-16-9-18(27-4)21(30-7)19(10-16)28-5;/h9-11H,8,12-13H2,1-7H3,(H2,23,25,26);1H. The van der Waals surface area contributed by atoms with Crippen molar-refractivity contribution < 1.29 is 18.9 Å². The zero-order chi connectivity index (χ0) is 22.1. The number of nitrogens with zero attached hydrogens (tertiary/aromatic N) is 2. The van der Waals surface area contributed by atoms with Gasteiger partial charge in [-0.25, -0.2) is 4.99 Å². The first-order chi connectivity index (χ1) is 14.5. The lowest BCUT2D eigenvalue weighted by molar-refractivity contribution is 0.324. The molecule has 0 saturated heterocycles. The van der Waals surface area contributed by atoms with E-state index in [4.69, 9.17) is 18.9 Å². The van der Waals surface area contributed by atoms with Gasteiger partial charge in [-0.1, -0.05) is 0 Å². The lowest BCUT2D eigenvalue weighted by Crippen LogP contribution is -2.37. The van der Waals surface area contributed by atoms with Gasteiger partial charge in [0.1, 0.15) is 5.75 Å². The van der Waals surface area contributed by atoms with E-state index >= 15 is 0 Å². The monoisotopic (exact) mass is 544 g/mol. The number of pyridine rings is 1. The van der Waals surface area contributed by atoms with E-state index in [0.29, 0.717) is 36.3 Å². The Hall–Kier alpha value is -2.43. The number of aryl methyl sites for hydroxylation is 1. The predicted octanol–water partition coefficient (Wildman–Crippen LogP) is 3.61.